The van der Waals surface area contributed by atoms with Crippen molar-refractivity contribution in [3.63, 3.8) is 0 Å². The first kappa shape index (κ1) is 52.0. The van der Waals surface area contributed by atoms with Gasteiger partial charge in [0.25, 0.3) is 0 Å². The van der Waals surface area contributed by atoms with Crippen LogP contribution in [0.4, 0.5) is 14.4 Å². The molecule has 2 aliphatic rings. The molecule has 0 amide bonds. The van der Waals surface area contributed by atoms with Crippen molar-refractivity contribution in [3.05, 3.63) is 238 Å². The lowest BCUT2D eigenvalue weighted by molar-refractivity contribution is 0.150. The van der Waals surface area contributed by atoms with E-state index in [1.165, 1.54) is 0 Å². The minimum atomic E-state index is -0.852. The van der Waals surface area contributed by atoms with E-state index >= 15 is 0 Å². The van der Waals surface area contributed by atoms with Crippen LogP contribution in [-0.4, -0.2) is 18.5 Å². The van der Waals surface area contributed by atoms with Crippen LogP contribution in [0.5, 0.6) is 34.5 Å². The van der Waals surface area contributed by atoms with E-state index in [1.807, 2.05) is 111 Å². The van der Waals surface area contributed by atoms with Crippen molar-refractivity contribution in [3.8, 4) is 45.6 Å². The van der Waals surface area contributed by atoms with Gasteiger partial charge in [-0.1, -0.05) is 182 Å². The van der Waals surface area contributed by atoms with Crippen LogP contribution in [0.15, 0.2) is 182 Å². The number of benzene rings is 8. The van der Waals surface area contributed by atoms with E-state index in [-0.39, 0.29) is 16.2 Å². The summed E-state index contributed by atoms with van der Waals surface area (Å²) in [6.45, 7) is 16.6. The Morgan fingerprint density at radius 2 is 0.701 bits per heavy atom. The molecule has 0 heterocycles. The molecular weight excluding hydrogens is 961 g/mol. The average molecular weight is 1030 g/mol. The predicted molar refractivity (Wildman–Crippen MR) is 300 cm³/mol. The molecule has 0 unspecified atom stereocenters. The molecule has 1 saturated carbocycles. The van der Waals surface area contributed by atoms with Crippen molar-refractivity contribution in [2.24, 2.45) is 0 Å². The maximum Gasteiger partial charge on any atom is 0.519 e. The molecule has 0 N–H and O–H groups in total. The summed E-state index contributed by atoms with van der Waals surface area (Å²) in [5.41, 5.74) is 11.2. The number of hydrogen-bond donors (Lipinski definition) is 0. The van der Waals surface area contributed by atoms with Gasteiger partial charge in [0.05, 0.1) is 5.41 Å². The summed E-state index contributed by atoms with van der Waals surface area (Å²) < 4.78 is 34.2. The molecule has 0 atom stereocenters. The molecule has 2 aliphatic carbocycles. The quantitative estimate of drug-likeness (QED) is 0.0978. The first-order valence-corrected chi connectivity index (χ1v) is 26.4. The Kier molecular flexibility index (Phi) is 14.2. The molecule has 8 aromatic rings. The van der Waals surface area contributed by atoms with Gasteiger partial charge in [0, 0.05) is 5.41 Å². The van der Waals surface area contributed by atoms with Crippen LogP contribution in [0.3, 0.4) is 0 Å². The van der Waals surface area contributed by atoms with E-state index < -0.39 is 23.9 Å². The highest BCUT2D eigenvalue weighted by molar-refractivity contribution is 5.86. The first-order chi connectivity index (χ1) is 36.9. The second kappa shape index (κ2) is 20.9. The number of carbonyl (C=O) groups is 3. The number of hydrogen-bond acceptors (Lipinski definition) is 9. The third-order valence-electron chi connectivity index (χ3n) is 15.3. The smallest absolute Gasteiger partial charge is 0.395 e. The van der Waals surface area contributed by atoms with Gasteiger partial charge in [-0.2, -0.15) is 0 Å². The summed E-state index contributed by atoms with van der Waals surface area (Å²) in [4.78, 5) is 39.5. The summed E-state index contributed by atoms with van der Waals surface area (Å²) in [7, 11) is 0. The second-order valence-corrected chi connectivity index (χ2v) is 22.4. The standard InChI is InChI=1S/C68H64O9/c1-44-42-50(28-38-60(44)76-63(70)74-53-32-22-47(23-33-53)66(6,7)8)68(58-18-12-10-16-56(58)57-17-11-13-19-59(57)68)51-29-39-61(45(2)43-51)77-64(71)75-55-36-26-49(27-37-55)67(40-14-9-15-41-67)48-24-34-54(35-25-48)73-62(69)72-52-30-20-46(21-31-52)65(3,4)5/h10-13,16-39,42-43H,9,14-15,40-41H2,1-8H3. The fourth-order valence-corrected chi connectivity index (χ4v) is 11.3. The topological polar surface area (TPSA) is 107 Å². The number of fused-ring (bicyclic) bond motifs is 3. The van der Waals surface area contributed by atoms with Crippen LogP contribution in [-0.2, 0) is 21.7 Å². The number of aryl methyl sites for hydroxylation is 2. The van der Waals surface area contributed by atoms with Gasteiger partial charge in [0.2, 0.25) is 0 Å². The normalized spacial score (nSPS) is 14.3. The molecule has 1 fully saturated rings. The summed E-state index contributed by atoms with van der Waals surface area (Å²) in [5.74, 6) is 2.33. The van der Waals surface area contributed by atoms with Gasteiger partial charge in [0.15, 0.2) is 0 Å². The molecule has 9 heteroatoms. The van der Waals surface area contributed by atoms with Gasteiger partial charge < -0.3 is 28.4 Å². The van der Waals surface area contributed by atoms with Gasteiger partial charge in [-0.3, -0.25) is 0 Å². The second-order valence-electron chi connectivity index (χ2n) is 22.4. The van der Waals surface area contributed by atoms with Crippen molar-refractivity contribution >= 4 is 18.5 Å². The Balaban J connectivity index is 0.847. The molecule has 0 spiro atoms. The highest BCUT2D eigenvalue weighted by atomic mass is 16.7. The van der Waals surface area contributed by atoms with Crippen LogP contribution in [0.25, 0.3) is 11.1 Å². The Morgan fingerprint density at radius 1 is 0.377 bits per heavy atom. The molecule has 8 aromatic carbocycles. The van der Waals surface area contributed by atoms with Crippen molar-refractivity contribution in [1.29, 1.82) is 0 Å². The Bertz CT molecular complexity index is 3420. The SMILES string of the molecule is Cc1cc(C2(c3ccc(OC(=O)Oc4ccc(C5(c6ccc(OC(=O)Oc7ccc(C(C)(C)C)cc7)cc6)CCCCC5)cc4)c(C)c3)c3ccccc3-c3ccccc32)ccc1OC(=O)Oc1ccc(C(C)(C)C)cc1. The van der Waals surface area contributed by atoms with Gasteiger partial charge in [-0.25, -0.2) is 14.4 Å². The van der Waals surface area contributed by atoms with Gasteiger partial charge in [-0.15, -0.1) is 0 Å². The summed E-state index contributed by atoms with van der Waals surface area (Å²) in [5, 5.41) is 0. The van der Waals surface area contributed by atoms with Gasteiger partial charge >= 0.3 is 18.5 Å². The number of rotatable bonds is 10. The number of carbonyl (C=O) groups excluding carboxylic acids is 3. The van der Waals surface area contributed by atoms with Crippen molar-refractivity contribution in [2.45, 2.75) is 109 Å². The zero-order chi connectivity index (χ0) is 54.1. The maximum absolute atomic E-state index is 13.6. The molecule has 10 rings (SSSR count). The van der Waals surface area contributed by atoms with Crippen LogP contribution >= 0.6 is 0 Å². The van der Waals surface area contributed by atoms with E-state index in [4.69, 9.17) is 28.4 Å². The molecule has 0 radical (unpaired) electrons. The molecule has 0 aliphatic heterocycles. The van der Waals surface area contributed by atoms with Crippen molar-refractivity contribution in [1.82, 2.24) is 0 Å². The van der Waals surface area contributed by atoms with Crippen LogP contribution in [0.1, 0.15) is 129 Å². The lowest BCUT2D eigenvalue weighted by atomic mass is 9.65. The summed E-state index contributed by atoms with van der Waals surface area (Å²) in [6.07, 6.45) is 2.69. The highest BCUT2D eigenvalue weighted by Crippen LogP contribution is 2.57. The third-order valence-corrected chi connectivity index (χ3v) is 15.3. The Hall–Kier alpha value is -8.43. The first-order valence-electron chi connectivity index (χ1n) is 26.4. The molecular formula is C68H64O9. The maximum atomic E-state index is 13.6. The van der Waals surface area contributed by atoms with E-state index in [2.05, 4.69) is 102 Å². The molecule has 9 nitrogen and oxygen atoms in total. The monoisotopic (exact) mass is 1020 g/mol. The minimum absolute atomic E-state index is 0.0146. The van der Waals surface area contributed by atoms with Crippen LogP contribution in [0, 0.1) is 13.8 Å². The molecule has 0 aromatic heterocycles. The lowest BCUT2D eigenvalue weighted by Gasteiger charge is -2.38. The van der Waals surface area contributed by atoms with Gasteiger partial charge in [0.1, 0.15) is 34.5 Å². The summed E-state index contributed by atoms with van der Waals surface area (Å²) >= 11 is 0. The lowest BCUT2D eigenvalue weighted by Crippen LogP contribution is -2.30. The van der Waals surface area contributed by atoms with E-state index in [0.717, 1.165) is 98.9 Å². The van der Waals surface area contributed by atoms with E-state index in [0.29, 0.717) is 34.5 Å². The minimum Gasteiger partial charge on any atom is -0.395 e. The van der Waals surface area contributed by atoms with Crippen molar-refractivity contribution in [2.75, 3.05) is 0 Å². The summed E-state index contributed by atoms with van der Waals surface area (Å²) in [6, 6.07) is 58.9. The fourth-order valence-electron chi connectivity index (χ4n) is 11.3. The largest absolute Gasteiger partial charge is 0.519 e. The molecule has 0 bridgehead atoms. The third kappa shape index (κ3) is 10.6. The molecule has 77 heavy (non-hydrogen) atoms. The van der Waals surface area contributed by atoms with Crippen molar-refractivity contribution < 1.29 is 42.8 Å². The molecule has 0 saturated heterocycles. The zero-order valence-electron chi connectivity index (χ0n) is 45.0. The van der Waals surface area contributed by atoms with Gasteiger partial charge in [-0.05, 0) is 165 Å². The van der Waals surface area contributed by atoms with E-state index in [9.17, 15) is 14.4 Å². The average Bonchev–Trinajstić information content (AvgIpc) is 3.96. The predicted octanol–water partition coefficient (Wildman–Crippen LogP) is 17.2. The highest BCUT2D eigenvalue weighted by Gasteiger charge is 2.46. The van der Waals surface area contributed by atoms with Crippen LogP contribution < -0.4 is 28.4 Å². The number of ether oxygens (including phenoxy) is 6. The molecule has 390 valence electrons. The fraction of sp³-hybridized carbons (Fsp3) is 0.250. The Labute approximate surface area is 451 Å². The van der Waals surface area contributed by atoms with E-state index in [1.54, 1.807) is 24.3 Å². The zero-order valence-corrected chi connectivity index (χ0v) is 45.0. The van der Waals surface area contributed by atoms with Crippen LogP contribution in [0.2, 0.25) is 0 Å². The Morgan fingerprint density at radius 3 is 1.05 bits per heavy atom.